The Labute approximate surface area is 202 Å². The van der Waals surface area contributed by atoms with Gasteiger partial charge in [0.1, 0.15) is 5.75 Å². The number of ether oxygens (including phenoxy) is 1. The van der Waals surface area contributed by atoms with E-state index in [2.05, 4.69) is 29.4 Å². The van der Waals surface area contributed by atoms with Gasteiger partial charge in [0, 0.05) is 18.1 Å². The molecule has 1 amide bonds. The Kier molecular flexibility index (Phi) is 7.02. The van der Waals surface area contributed by atoms with E-state index in [0.717, 1.165) is 5.69 Å². The summed E-state index contributed by atoms with van der Waals surface area (Å²) < 4.78 is 8.47. The van der Waals surface area contributed by atoms with Crippen molar-refractivity contribution in [1.29, 1.82) is 0 Å². The third-order valence-electron chi connectivity index (χ3n) is 5.54. The van der Waals surface area contributed by atoms with Crippen LogP contribution in [0.3, 0.4) is 0 Å². The lowest BCUT2D eigenvalue weighted by Crippen LogP contribution is -2.25. The van der Waals surface area contributed by atoms with E-state index in [1.54, 1.807) is 36.0 Å². The van der Waals surface area contributed by atoms with Crippen LogP contribution in [0.1, 0.15) is 38.7 Å². The molecule has 0 saturated heterocycles. The van der Waals surface area contributed by atoms with Crippen molar-refractivity contribution < 1.29 is 9.53 Å². The summed E-state index contributed by atoms with van der Waals surface area (Å²) >= 11 is 1.28. The molecule has 1 atom stereocenters. The minimum Gasteiger partial charge on any atom is -0.495 e. The van der Waals surface area contributed by atoms with Gasteiger partial charge < -0.3 is 10.1 Å². The highest BCUT2D eigenvalue weighted by molar-refractivity contribution is 8.00. The number of hydrogen-bond acceptors (Lipinski definition) is 6. The van der Waals surface area contributed by atoms with Crippen molar-refractivity contribution in [3.8, 4) is 11.4 Å². The maximum atomic E-state index is 13.1. The number of nitrogens with zero attached hydrogens (tertiary/aromatic N) is 4. The number of carbonyl (C=O) groups is 1. The quantitative estimate of drug-likeness (QED) is 0.375. The number of fused-ring (bicyclic) bond motifs is 1. The number of nitrogens with one attached hydrogen (secondary N) is 1. The van der Waals surface area contributed by atoms with E-state index in [-0.39, 0.29) is 17.1 Å². The summed E-state index contributed by atoms with van der Waals surface area (Å²) in [5.74, 6) is 0.883. The Bertz CT molecular complexity index is 1360. The van der Waals surface area contributed by atoms with Crippen LogP contribution >= 0.6 is 11.8 Å². The molecule has 0 aliphatic carbocycles. The van der Waals surface area contributed by atoms with Crippen molar-refractivity contribution in [1.82, 2.24) is 19.2 Å². The van der Waals surface area contributed by atoms with Crippen LogP contribution in [0.15, 0.2) is 70.9 Å². The highest BCUT2D eigenvalue weighted by Crippen LogP contribution is 2.26. The third kappa shape index (κ3) is 4.70. The molecule has 0 spiro atoms. The molecule has 0 aliphatic rings. The molecule has 4 aromatic rings. The van der Waals surface area contributed by atoms with E-state index in [1.807, 2.05) is 43.3 Å². The molecule has 0 fully saturated rings. The fourth-order valence-corrected chi connectivity index (χ4v) is 4.52. The number of methoxy groups -OCH3 is 1. The zero-order chi connectivity index (χ0) is 24.2. The average Bonchev–Trinajstić information content (AvgIpc) is 3.26. The summed E-state index contributed by atoms with van der Waals surface area (Å²) in [5.41, 5.74) is 2.43. The van der Waals surface area contributed by atoms with Crippen LogP contribution in [0.4, 0.5) is 5.69 Å². The zero-order valence-corrected chi connectivity index (χ0v) is 20.4. The molecule has 9 heteroatoms. The number of aromatic nitrogens is 4. The topological polar surface area (TPSA) is 90.5 Å². The van der Waals surface area contributed by atoms with Crippen molar-refractivity contribution in [2.75, 3.05) is 12.4 Å². The van der Waals surface area contributed by atoms with Crippen LogP contribution in [0, 0.1) is 0 Å². The average molecular weight is 478 g/mol. The fraction of sp³-hybridized carbons (Fsp3) is 0.280. The fourth-order valence-electron chi connectivity index (χ4n) is 3.59. The molecule has 0 saturated carbocycles. The predicted octanol–water partition coefficient (Wildman–Crippen LogP) is 4.52. The van der Waals surface area contributed by atoms with E-state index in [0.29, 0.717) is 28.9 Å². The molecule has 4 rings (SSSR count). The monoisotopic (exact) mass is 477 g/mol. The Hall–Kier alpha value is -3.59. The molecule has 8 nitrogen and oxygen atoms in total. The second-order valence-electron chi connectivity index (χ2n) is 8.10. The molecular formula is C25H27N5O3S. The van der Waals surface area contributed by atoms with Gasteiger partial charge in [0.05, 0.1) is 18.0 Å². The van der Waals surface area contributed by atoms with Crippen LogP contribution in [0.5, 0.6) is 5.75 Å². The standard InChI is InChI=1S/C25H27N5O3S/c1-5-21(23(31)26-18-12-10-17(11-13-18)16(2)3)34-25-28-27-22-24(32)29(14-15-30(22)25)19-8-6-7-9-20(19)33-4/h6-16,21H,5H2,1-4H3,(H,26,31)/t21-/m1/s1. The van der Waals surface area contributed by atoms with Gasteiger partial charge in [-0.15, -0.1) is 10.2 Å². The minimum atomic E-state index is -0.395. The highest BCUT2D eigenvalue weighted by atomic mass is 32.2. The molecule has 1 N–H and O–H groups in total. The lowest BCUT2D eigenvalue weighted by Gasteiger charge is -2.14. The van der Waals surface area contributed by atoms with Crippen molar-refractivity contribution in [2.24, 2.45) is 0 Å². The molecular weight excluding hydrogens is 450 g/mol. The number of amides is 1. The maximum absolute atomic E-state index is 13.1. The van der Waals surface area contributed by atoms with Crippen molar-refractivity contribution in [3.63, 3.8) is 0 Å². The predicted molar refractivity (Wildman–Crippen MR) is 134 cm³/mol. The summed E-state index contributed by atoms with van der Waals surface area (Å²) in [6.07, 6.45) is 3.96. The van der Waals surface area contributed by atoms with Gasteiger partial charge in [-0.3, -0.25) is 18.6 Å². The van der Waals surface area contributed by atoms with Gasteiger partial charge >= 0.3 is 5.56 Å². The van der Waals surface area contributed by atoms with Gasteiger partial charge in [-0.2, -0.15) is 0 Å². The lowest BCUT2D eigenvalue weighted by molar-refractivity contribution is -0.115. The number of carbonyl (C=O) groups excluding carboxylic acids is 1. The number of hydrogen-bond donors (Lipinski definition) is 1. The zero-order valence-electron chi connectivity index (χ0n) is 19.6. The first-order valence-electron chi connectivity index (χ1n) is 11.1. The Morgan fingerprint density at radius 1 is 1.09 bits per heavy atom. The summed E-state index contributed by atoms with van der Waals surface area (Å²) in [7, 11) is 1.56. The van der Waals surface area contributed by atoms with Gasteiger partial charge in [-0.1, -0.05) is 56.8 Å². The second-order valence-corrected chi connectivity index (χ2v) is 9.27. The van der Waals surface area contributed by atoms with Crippen LogP contribution in [-0.2, 0) is 4.79 Å². The molecule has 0 bridgehead atoms. The highest BCUT2D eigenvalue weighted by Gasteiger charge is 2.22. The minimum absolute atomic E-state index is 0.121. The molecule has 176 valence electrons. The Morgan fingerprint density at radius 3 is 2.50 bits per heavy atom. The maximum Gasteiger partial charge on any atom is 0.300 e. The molecule has 0 radical (unpaired) electrons. The summed E-state index contributed by atoms with van der Waals surface area (Å²) in [5, 5.41) is 11.4. The Balaban J connectivity index is 1.56. The molecule has 2 aromatic carbocycles. The lowest BCUT2D eigenvalue weighted by atomic mass is 10.0. The number of thioether (sulfide) groups is 1. The first-order chi connectivity index (χ1) is 16.4. The van der Waals surface area contributed by atoms with Gasteiger partial charge in [0.15, 0.2) is 5.16 Å². The summed E-state index contributed by atoms with van der Waals surface area (Å²) in [6.45, 7) is 6.20. The van der Waals surface area contributed by atoms with Crippen LogP contribution in [-0.4, -0.2) is 37.4 Å². The molecule has 0 aliphatic heterocycles. The van der Waals surface area contributed by atoms with Crippen LogP contribution in [0.25, 0.3) is 11.3 Å². The molecule has 0 unspecified atom stereocenters. The molecule has 2 aromatic heterocycles. The van der Waals surface area contributed by atoms with Gasteiger partial charge in [0.2, 0.25) is 11.6 Å². The van der Waals surface area contributed by atoms with E-state index in [1.165, 1.54) is 21.9 Å². The van der Waals surface area contributed by atoms with Crippen molar-refractivity contribution in [2.45, 2.75) is 43.5 Å². The SMILES string of the molecule is CC[C@@H](Sc1nnc2c(=O)n(-c3ccccc3OC)ccn12)C(=O)Nc1ccc(C(C)C)cc1. The largest absolute Gasteiger partial charge is 0.495 e. The van der Waals surface area contributed by atoms with E-state index in [9.17, 15) is 9.59 Å². The second kappa shape index (κ2) is 10.1. The van der Waals surface area contributed by atoms with Crippen molar-refractivity contribution in [3.05, 3.63) is 76.8 Å². The van der Waals surface area contributed by atoms with Gasteiger partial charge in [-0.05, 0) is 42.2 Å². The van der Waals surface area contributed by atoms with E-state index in [4.69, 9.17) is 4.74 Å². The number of anilines is 1. The third-order valence-corrected chi connectivity index (χ3v) is 6.86. The van der Waals surface area contributed by atoms with Crippen molar-refractivity contribution >= 4 is 29.0 Å². The molecule has 2 heterocycles. The smallest absolute Gasteiger partial charge is 0.300 e. The van der Waals surface area contributed by atoms with Gasteiger partial charge in [-0.25, -0.2) is 0 Å². The van der Waals surface area contributed by atoms with Crippen LogP contribution in [0.2, 0.25) is 0 Å². The van der Waals surface area contributed by atoms with E-state index < -0.39 is 5.25 Å². The van der Waals surface area contributed by atoms with E-state index >= 15 is 0 Å². The van der Waals surface area contributed by atoms with Crippen LogP contribution < -0.4 is 15.6 Å². The number of benzene rings is 2. The van der Waals surface area contributed by atoms with Gasteiger partial charge in [0.25, 0.3) is 0 Å². The number of para-hydroxylation sites is 2. The number of rotatable bonds is 8. The normalized spacial score (nSPS) is 12.1. The summed E-state index contributed by atoms with van der Waals surface area (Å²) in [4.78, 5) is 26.0. The summed E-state index contributed by atoms with van der Waals surface area (Å²) in [6, 6.07) is 15.1. The Morgan fingerprint density at radius 2 is 1.82 bits per heavy atom. The molecule has 34 heavy (non-hydrogen) atoms. The first-order valence-corrected chi connectivity index (χ1v) is 12.0. The first kappa shape index (κ1) is 23.6.